The second-order valence-corrected chi connectivity index (χ2v) is 5.75. The summed E-state index contributed by atoms with van der Waals surface area (Å²) in [4.78, 5) is 10.6. The lowest BCUT2D eigenvalue weighted by molar-refractivity contribution is -0.385. The summed E-state index contributed by atoms with van der Waals surface area (Å²) in [5.41, 5.74) is 11.6. The summed E-state index contributed by atoms with van der Waals surface area (Å²) in [5.74, 6) is 0. The lowest BCUT2D eigenvalue weighted by atomic mass is 9.93. The largest absolute Gasteiger partial charge is 0.324 e. The Morgan fingerprint density at radius 1 is 1.33 bits per heavy atom. The minimum Gasteiger partial charge on any atom is -0.324 e. The molecular weight excluding hydrogens is 266 g/mol. The zero-order chi connectivity index (χ0) is 15.1. The highest BCUT2D eigenvalue weighted by atomic mass is 16.6. The number of rotatable bonds is 2. The number of hydrogen-bond acceptors (Lipinski definition) is 3. The molecule has 0 saturated heterocycles. The van der Waals surface area contributed by atoms with Gasteiger partial charge in [0.15, 0.2) is 0 Å². The van der Waals surface area contributed by atoms with Crippen molar-refractivity contribution >= 4 is 5.69 Å². The third-order valence-corrected chi connectivity index (χ3v) is 4.28. The maximum absolute atomic E-state index is 10.9. The van der Waals surface area contributed by atoms with Gasteiger partial charge in [-0.2, -0.15) is 0 Å². The van der Waals surface area contributed by atoms with E-state index in [-0.39, 0.29) is 16.7 Å². The van der Waals surface area contributed by atoms with Gasteiger partial charge in [-0.15, -0.1) is 0 Å². The van der Waals surface area contributed by atoms with Crippen molar-refractivity contribution in [3.63, 3.8) is 0 Å². The van der Waals surface area contributed by atoms with Gasteiger partial charge in [-0.05, 0) is 56.9 Å². The summed E-state index contributed by atoms with van der Waals surface area (Å²) in [6.07, 6.45) is 3.12. The molecule has 2 aromatic rings. The van der Waals surface area contributed by atoms with E-state index in [9.17, 15) is 10.1 Å². The van der Waals surface area contributed by atoms with Gasteiger partial charge in [0.05, 0.1) is 4.92 Å². The first-order valence-corrected chi connectivity index (χ1v) is 7.21. The van der Waals surface area contributed by atoms with Crippen LogP contribution in [0.3, 0.4) is 0 Å². The van der Waals surface area contributed by atoms with Crippen LogP contribution in [0.25, 0.3) is 5.69 Å². The molecule has 0 aliphatic heterocycles. The van der Waals surface area contributed by atoms with E-state index in [4.69, 9.17) is 5.73 Å². The van der Waals surface area contributed by atoms with Crippen LogP contribution in [0.2, 0.25) is 0 Å². The Labute approximate surface area is 123 Å². The zero-order valence-corrected chi connectivity index (χ0v) is 12.3. The molecule has 0 spiro atoms. The first-order valence-electron chi connectivity index (χ1n) is 7.21. The summed E-state index contributed by atoms with van der Waals surface area (Å²) in [5, 5.41) is 10.9. The number of nitro benzene ring substituents is 1. The van der Waals surface area contributed by atoms with Gasteiger partial charge >= 0.3 is 0 Å². The van der Waals surface area contributed by atoms with Crippen molar-refractivity contribution in [3.05, 3.63) is 56.9 Å². The molecule has 0 amide bonds. The maximum Gasteiger partial charge on any atom is 0.272 e. The summed E-state index contributed by atoms with van der Waals surface area (Å²) in [6.45, 7) is 3.83. The molecule has 3 rings (SSSR count). The standard InChI is InChI=1S/C16H19N3O2/c1-10-8-12(6-7-15(10)19(20)21)18-11(2)9-13-14(17)4-3-5-16(13)18/h6-9,14H,3-5,17H2,1-2H3. The summed E-state index contributed by atoms with van der Waals surface area (Å²) in [6, 6.07) is 7.53. The molecule has 0 bridgehead atoms. The van der Waals surface area contributed by atoms with E-state index in [1.54, 1.807) is 13.0 Å². The van der Waals surface area contributed by atoms with Gasteiger partial charge in [-0.3, -0.25) is 10.1 Å². The number of aryl methyl sites for hydroxylation is 2. The van der Waals surface area contributed by atoms with E-state index in [2.05, 4.69) is 17.6 Å². The predicted molar refractivity (Wildman–Crippen MR) is 81.8 cm³/mol. The first kappa shape index (κ1) is 13.8. The molecule has 1 unspecified atom stereocenters. The van der Waals surface area contributed by atoms with Crippen LogP contribution in [0.4, 0.5) is 5.69 Å². The van der Waals surface area contributed by atoms with E-state index in [0.29, 0.717) is 5.56 Å². The number of nitrogens with two attached hydrogens (primary N) is 1. The van der Waals surface area contributed by atoms with Crippen LogP contribution in [0, 0.1) is 24.0 Å². The fourth-order valence-electron chi connectivity index (χ4n) is 3.28. The Hall–Kier alpha value is -2.14. The van der Waals surface area contributed by atoms with E-state index in [1.165, 1.54) is 11.3 Å². The maximum atomic E-state index is 10.9. The Morgan fingerprint density at radius 3 is 2.76 bits per heavy atom. The normalized spacial score (nSPS) is 17.6. The van der Waals surface area contributed by atoms with Gasteiger partial charge in [0, 0.05) is 34.7 Å². The molecule has 1 heterocycles. The predicted octanol–water partition coefficient (Wildman–Crippen LogP) is 3.34. The number of aromatic nitrogens is 1. The fraction of sp³-hybridized carbons (Fsp3) is 0.375. The molecule has 1 atom stereocenters. The molecule has 2 N–H and O–H groups in total. The third kappa shape index (κ3) is 2.23. The molecule has 110 valence electrons. The topological polar surface area (TPSA) is 74.1 Å². The quantitative estimate of drug-likeness (QED) is 0.679. The molecule has 1 aliphatic rings. The molecule has 0 fully saturated rings. The number of fused-ring (bicyclic) bond motifs is 1. The molecule has 0 radical (unpaired) electrons. The molecule has 5 nitrogen and oxygen atoms in total. The van der Waals surface area contributed by atoms with Crippen LogP contribution in [-0.2, 0) is 6.42 Å². The van der Waals surface area contributed by atoms with Gasteiger partial charge in [0.25, 0.3) is 5.69 Å². The average molecular weight is 285 g/mol. The molecule has 1 aliphatic carbocycles. The Kier molecular flexibility index (Phi) is 3.29. The zero-order valence-electron chi connectivity index (χ0n) is 12.3. The number of nitro groups is 1. The molecular formula is C16H19N3O2. The van der Waals surface area contributed by atoms with E-state index in [1.807, 2.05) is 12.1 Å². The van der Waals surface area contributed by atoms with Crippen molar-refractivity contribution in [2.75, 3.05) is 0 Å². The average Bonchev–Trinajstić information content (AvgIpc) is 2.76. The van der Waals surface area contributed by atoms with Crippen LogP contribution in [0.5, 0.6) is 0 Å². The van der Waals surface area contributed by atoms with Gasteiger partial charge in [-0.1, -0.05) is 0 Å². The fourth-order valence-corrected chi connectivity index (χ4v) is 3.28. The van der Waals surface area contributed by atoms with Crippen molar-refractivity contribution in [2.24, 2.45) is 5.73 Å². The highest BCUT2D eigenvalue weighted by Crippen LogP contribution is 2.33. The van der Waals surface area contributed by atoms with Crippen LogP contribution >= 0.6 is 0 Å². The Bertz CT molecular complexity index is 719. The van der Waals surface area contributed by atoms with Gasteiger partial charge in [-0.25, -0.2) is 0 Å². The minimum absolute atomic E-state index is 0.104. The smallest absolute Gasteiger partial charge is 0.272 e. The van der Waals surface area contributed by atoms with Gasteiger partial charge in [0.1, 0.15) is 0 Å². The third-order valence-electron chi connectivity index (χ3n) is 4.28. The highest BCUT2D eigenvalue weighted by Gasteiger charge is 2.23. The summed E-state index contributed by atoms with van der Waals surface area (Å²) in [7, 11) is 0. The number of hydrogen-bond donors (Lipinski definition) is 1. The molecule has 1 aromatic heterocycles. The second kappa shape index (κ2) is 5.00. The molecule has 1 aromatic carbocycles. The Morgan fingerprint density at radius 2 is 2.10 bits per heavy atom. The number of nitrogens with zero attached hydrogens (tertiary/aromatic N) is 2. The monoisotopic (exact) mass is 285 g/mol. The molecule has 0 saturated carbocycles. The molecule has 5 heteroatoms. The minimum atomic E-state index is -0.340. The van der Waals surface area contributed by atoms with Crippen LogP contribution in [0.1, 0.15) is 41.4 Å². The molecule has 21 heavy (non-hydrogen) atoms. The van der Waals surface area contributed by atoms with Crippen LogP contribution < -0.4 is 5.73 Å². The first-order chi connectivity index (χ1) is 9.99. The lowest BCUT2D eigenvalue weighted by Crippen LogP contribution is -2.18. The van der Waals surface area contributed by atoms with Crippen molar-refractivity contribution < 1.29 is 4.92 Å². The van der Waals surface area contributed by atoms with Crippen molar-refractivity contribution in [1.82, 2.24) is 4.57 Å². The van der Waals surface area contributed by atoms with E-state index in [0.717, 1.165) is 30.6 Å². The summed E-state index contributed by atoms with van der Waals surface area (Å²) >= 11 is 0. The Balaban J connectivity index is 2.13. The SMILES string of the molecule is Cc1cc(-n2c(C)cc3c2CCCC3N)ccc1[N+](=O)[O-]. The van der Waals surface area contributed by atoms with Crippen LogP contribution in [-0.4, -0.2) is 9.49 Å². The second-order valence-electron chi connectivity index (χ2n) is 5.75. The van der Waals surface area contributed by atoms with E-state index < -0.39 is 0 Å². The number of benzene rings is 1. The van der Waals surface area contributed by atoms with Crippen molar-refractivity contribution in [3.8, 4) is 5.69 Å². The highest BCUT2D eigenvalue weighted by molar-refractivity contribution is 5.51. The summed E-state index contributed by atoms with van der Waals surface area (Å²) < 4.78 is 2.19. The van der Waals surface area contributed by atoms with Crippen molar-refractivity contribution in [1.29, 1.82) is 0 Å². The van der Waals surface area contributed by atoms with Gasteiger partial charge < -0.3 is 10.3 Å². The van der Waals surface area contributed by atoms with E-state index >= 15 is 0 Å². The van der Waals surface area contributed by atoms with Crippen molar-refractivity contribution in [2.45, 2.75) is 39.2 Å². The van der Waals surface area contributed by atoms with Crippen LogP contribution in [0.15, 0.2) is 24.3 Å². The lowest BCUT2D eigenvalue weighted by Gasteiger charge is -2.21. The van der Waals surface area contributed by atoms with Gasteiger partial charge in [0.2, 0.25) is 0 Å².